The van der Waals surface area contributed by atoms with Crippen LogP contribution in [-0.4, -0.2) is 52.6 Å². The summed E-state index contributed by atoms with van der Waals surface area (Å²) < 4.78 is 31.6. The van der Waals surface area contributed by atoms with Crippen molar-refractivity contribution in [1.82, 2.24) is 0 Å². The van der Waals surface area contributed by atoms with Crippen LogP contribution in [0.5, 0.6) is 0 Å². The molecule has 1 aliphatic rings. The summed E-state index contributed by atoms with van der Waals surface area (Å²) in [6.07, 6.45) is 2.63. The third kappa shape index (κ3) is 7.25. The van der Waals surface area contributed by atoms with Crippen molar-refractivity contribution in [1.29, 1.82) is 0 Å². The lowest BCUT2D eigenvalue weighted by Crippen LogP contribution is -2.15. The van der Waals surface area contributed by atoms with Crippen LogP contribution in [0.2, 0.25) is 0 Å². The molecule has 0 aliphatic carbocycles. The molecule has 148 valence electrons. The molecule has 0 aromatic heterocycles. The molecular weight excluding hydrogens is 344 g/mol. The molecule has 0 N–H and O–H groups in total. The molecule has 0 unspecified atom stereocenters. The van der Waals surface area contributed by atoms with E-state index in [9.17, 15) is 9.59 Å². The lowest BCUT2D eigenvalue weighted by atomic mass is 10.3. The molecule has 1 heterocycles. The van der Waals surface area contributed by atoms with Gasteiger partial charge in [-0.25, -0.2) is 9.59 Å². The first-order valence-corrected chi connectivity index (χ1v) is 8.60. The molecule has 0 spiro atoms. The minimum Gasteiger partial charge on any atom is -0.494 e. The normalized spacial score (nSPS) is 23.5. The Morgan fingerprint density at radius 1 is 0.654 bits per heavy atom. The highest BCUT2D eigenvalue weighted by Gasteiger charge is 2.18. The quantitative estimate of drug-likeness (QED) is 0.683. The standard InChI is InChI=1S/C18H28O8/c1-13-15(17(19)21-3)25-11-8-6-10-24-14(2)16(18(20)22-4)26-12-7-5-9-23-13/h5-12H2,1-4H3/b15-13-,16-14-. The van der Waals surface area contributed by atoms with Crippen LogP contribution >= 0.6 is 0 Å². The lowest BCUT2D eigenvalue weighted by molar-refractivity contribution is -0.141. The summed E-state index contributed by atoms with van der Waals surface area (Å²) in [5.41, 5.74) is 0. The van der Waals surface area contributed by atoms with Crippen LogP contribution in [0.4, 0.5) is 0 Å². The zero-order valence-corrected chi connectivity index (χ0v) is 15.9. The second kappa shape index (κ2) is 12.1. The number of methoxy groups -OCH3 is 2. The van der Waals surface area contributed by atoms with E-state index in [0.717, 1.165) is 0 Å². The Kier molecular flexibility index (Phi) is 10.0. The minimum atomic E-state index is -0.565. The molecule has 1 aliphatic heterocycles. The minimum absolute atomic E-state index is 0.0841. The number of rotatable bonds is 2. The van der Waals surface area contributed by atoms with Gasteiger partial charge < -0.3 is 28.4 Å². The number of hydrogen-bond acceptors (Lipinski definition) is 8. The maximum Gasteiger partial charge on any atom is 0.376 e. The summed E-state index contributed by atoms with van der Waals surface area (Å²) in [5, 5.41) is 0. The Bertz CT molecular complexity index is 487. The lowest BCUT2D eigenvalue weighted by Gasteiger charge is -2.16. The fraction of sp³-hybridized carbons (Fsp3) is 0.667. The van der Waals surface area contributed by atoms with Gasteiger partial charge in [0.25, 0.3) is 0 Å². The molecule has 0 radical (unpaired) electrons. The van der Waals surface area contributed by atoms with Gasteiger partial charge in [-0.05, 0) is 39.5 Å². The van der Waals surface area contributed by atoms with Crippen LogP contribution < -0.4 is 0 Å². The van der Waals surface area contributed by atoms with Crippen LogP contribution in [0.3, 0.4) is 0 Å². The second-order valence-electron chi connectivity index (χ2n) is 5.56. The van der Waals surface area contributed by atoms with Crippen molar-refractivity contribution in [2.45, 2.75) is 39.5 Å². The number of allylic oxidation sites excluding steroid dienone is 2. The molecular formula is C18H28O8. The van der Waals surface area contributed by atoms with Gasteiger partial charge in [0.1, 0.15) is 11.5 Å². The van der Waals surface area contributed by atoms with E-state index < -0.39 is 11.9 Å². The zero-order chi connectivity index (χ0) is 19.4. The SMILES string of the molecule is COC(=O)/C1=C(\C)OCCCCO/C(C(=O)OC)=C(/C)OCCCCO1. The van der Waals surface area contributed by atoms with E-state index in [1.807, 2.05) is 0 Å². The topological polar surface area (TPSA) is 89.5 Å². The van der Waals surface area contributed by atoms with Crippen molar-refractivity contribution in [3.63, 3.8) is 0 Å². The van der Waals surface area contributed by atoms with Crippen molar-refractivity contribution in [2.24, 2.45) is 0 Å². The molecule has 0 fully saturated rings. The van der Waals surface area contributed by atoms with E-state index in [0.29, 0.717) is 63.6 Å². The second-order valence-corrected chi connectivity index (χ2v) is 5.56. The predicted octanol–water partition coefficient (Wildman–Crippen LogP) is 2.44. The average molecular weight is 372 g/mol. The summed E-state index contributed by atoms with van der Waals surface area (Å²) in [6, 6.07) is 0. The van der Waals surface area contributed by atoms with E-state index in [-0.39, 0.29) is 11.5 Å². The fourth-order valence-corrected chi connectivity index (χ4v) is 2.13. The Morgan fingerprint density at radius 2 is 0.962 bits per heavy atom. The largest absolute Gasteiger partial charge is 0.494 e. The highest BCUT2D eigenvalue weighted by atomic mass is 16.6. The molecule has 26 heavy (non-hydrogen) atoms. The highest BCUT2D eigenvalue weighted by Crippen LogP contribution is 2.14. The van der Waals surface area contributed by atoms with Gasteiger partial charge in [-0.3, -0.25) is 0 Å². The van der Waals surface area contributed by atoms with Crippen molar-refractivity contribution >= 4 is 11.9 Å². The summed E-state index contributed by atoms with van der Waals surface area (Å²) in [4.78, 5) is 23.6. The number of esters is 2. The molecule has 0 aromatic carbocycles. The van der Waals surface area contributed by atoms with Crippen LogP contribution in [0, 0.1) is 0 Å². The first-order chi connectivity index (χ1) is 12.5. The van der Waals surface area contributed by atoms with Gasteiger partial charge in [0.2, 0.25) is 11.5 Å². The highest BCUT2D eigenvalue weighted by molar-refractivity contribution is 5.87. The number of ether oxygens (including phenoxy) is 6. The molecule has 0 aromatic rings. The maximum atomic E-state index is 11.8. The first-order valence-electron chi connectivity index (χ1n) is 8.60. The van der Waals surface area contributed by atoms with E-state index in [2.05, 4.69) is 0 Å². The van der Waals surface area contributed by atoms with E-state index in [4.69, 9.17) is 28.4 Å². The average Bonchev–Trinajstić information content (AvgIpc) is 2.64. The van der Waals surface area contributed by atoms with E-state index in [1.54, 1.807) is 13.8 Å². The summed E-state index contributed by atoms with van der Waals surface area (Å²) >= 11 is 0. The molecule has 8 nitrogen and oxygen atoms in total. The zero-order valence-electron chi connectivity index (χ0n) is 15.9. The van der Waals surface area contributed by atoms with Crippen LogP contribution in [-0.2, 0) is 38.0 Å². The smallest absolute Gasteiger partial charge is 0.376 e. The Hall–Kier alpha value is -2.38. The first kappa shape index (κ1) is 21.7. The van der Waals surface area contributed by atoms with Gasteiger partial charge >= 0.3 is 11.9 Å². The molecule has 8 heteroatoms. The van der Waals surface area contributed by atoms with Crippen molar-refractivity contribution < 1.29 is 38.0 Å². The van der Waals surface area contributed by atoms with E-state index in [1.165, 1.54) is 14.2 Å². The summed E-state index contributed by atoms with van der Waals surface area (Å²) in [6.45, 7) is 4.72. The maximum absolute atomic E-state index is 11.8. The van der Waals surface area contributed by atoms with Gasteiger partial charge in [0, 0.05) is 0 Å². The van der Waals surface area contributed by atoms with E-state index >= 15 is 0 Å². The molecule has 0 saturated heterocycles. The molecule has 0 saturated carbocycles. The molecule has 0 atom stereocenters. The third-order valence-corrected chi connectivity index (χ3v) is 3.59. The number of hydrogen-bond donors (Lipinski definition) is 0. The van der Waals surface area contributed by atoms with Crippen molar-refractivity contribution in [2.75, 3.05) is 40.6 Å². The Morgan fingerprint density at radius 3 is 1.27 bits per heavy atom. The molecule has 1 rings (SSSR count). The molecule has 0 bridgehead atoms. The number of carbonyl (C=O) groups excluding carboxylic acids is 2. The molecule has 0 amide bonds. The van der Waals surface area contributed by atoms with Crippen LogP contribution in [0.1, 0.15) is 39.5 Å². The van der Waals surface area contributed by atoms with Crippen LogP contribution in [0.25, 0.3) is 0 Å². The summed E-state index contributed by atoms with van der Waals surface area (Å²) in [7, 11) is 2.59. The number of carbonyl (C=O) groups is 2. The third-order valence-electron chi connectivity index (χ3n) is 3.59. The van der Waals surface area contributed by atoms with Crippen LogP contribution in [0.15, 0.2) is 23.0 Å². The Balaban J connectivity index is 2.76. The van der Waals surface area contributed by atoms with Gasteiger partial charge in [0.15, 0.2) is 0 Å². The van der Waals surface area contributed by atoms with Crippen molar-refractivity contribution in [3.8, 4) is 0 Å². The predicted molar refractivity (Wildman–Crippen MR) is 91.7 cm³/mol. The summed E-state index contributed by atoms with van der Waals surface area (Å²) in [5.74, 6) is -0.199. The van der Waals surface area contributed by atoms with Crippen molar-refractivity contribution in [3.05, 3.63) is 23.0 Å². The van der Waals surface area contributed by atoms with Gasteiger partial charge in [-0.1, -0.05) is 0 Å². The monoisotopic (exact) mass is 372 g/mol. The Labute approximate surface area is 154 Å². The van der Waals surface area contributed by atoms with Gasteiger partial charge in [-0.15, -0.1) is 0 Å². The fourth-order valence-electron chi connectivity index (χ4n) is 2.13. The van der Waals surface area contributed by atoms with Gasteiger partial charge in [-0.2, -0.15) is 0 Å². The van der Waals surface area contributed by atoms with Gasteiger partial charge in [0.05, 0.1) is 40.6 Å².